The molecular weight excluding hydrogens is 653 g/mol. The fourth-order valence-electron chi connectivity index (χ4n) is 4.82. The largest absolute Gasteiger partial charge is 0.472 e. The Morgan fingerprint density at radius 2 is 1.14 bits per heavy atom. The van der Waals surface area contributed by atoms with Crippen molar-refractivity contribution in [2.75, 3.05) is 26.4 Å². The summed E-state index contributed by atoms with van der Waals surface area (Å²) in [5.74, 6) is -0.555. The van der Waals surface area contributed by atoms with E-state index in [9.17, 15) is 24.2 Å². The van der Waals surface area contributed by atoms with Crippen molar-refractivity contribution in [3.63, 3.8) is 0 Å². The van der Waals surface area contributed by atoms with E-state index >= 15 is 0 Å². The Morgan fingerprint density at radius 1 is 0.640 bits per heavy atom. The molecule has 0 aliphatic heterocycles. The maximum absolute atomic E-state index is 12.0. The maximum Gasteiger partial charge on any atom is 0.472 e. The second-order valence-corrected chi connectivity index (χ2v) is 14.0. The lowest BCUT2D eigenvalue weighted by Crippen LogP contribution is -2.27. The number of amides is 1. The van der Waals surface area contributed by atoms with Gasteiger partial charge in [0.25, 0.3) is 0 Å². The third-order valence-electron chi connectivity index (χ3n) is 7.71. The molecule has 0 bridgehead atoms. The zero-order valence-electron chi connectivity index (χ0n) is 31.3. The van der Waals surface area contributed by atoms with E-state index in [2.05, 4.69) is 79.9 Å². The molecule has 0 rings (SSSR count). The van der Waals surface area contributed by atoms with Crippen molar-refractivity contribution in [3.05, 3.63) is 60.8 Å². The SMILES string of the molecule is CC/C=C\C/C=C\C/C=C\C/C=C\C/C=C\CCCCCC(=O)NCCOP(=O)(O)OCC(O)COC(=O)CCCCCCCCCCCC. The monoisotopic (exact) mass is 723 g/mol. The average Bonchev–Trinajstić information content (AvgIpc) is 3.10. The van der Waals surface area contributed by atoms with Gasteiger partial charge >= 0.3 is 13.8 Å². The minimum atomic E-state index is -4.42. The standard InChI is InChI=1S/C40H70NO8P/c1-3-5-7-9-11-13-15-16-17-18-19-20-21-22-23-24-26-28-30-32-39(43)41-34-35-48-50(45,46)49-37-38(42)36-47-40(44)33-31-29-27-25-14-12-10-8-6-4-2/h5,7,11,13,16-17,19-20,22-23,38,42H,3-4,6,8-10,12,14-15,18,21,24-37H2,1-2H3,(H,41,43)(H,45,46)/b7-5-,13-11-,17-16-,20-19-,23-22-. The van der Waals surface area contributed by atoms with Crippen molar-refractivity contribution in [2.45, 2.75) is 155 Å². The molecule has 1 amide bonds. The maximum atomic E-state index is 12.0. The molecule has 0 aliphatic carbocycles. The molecule has 0 heterocycles. The smallest absolute Gasteiger partial charge is 0.463 e. The highest BCUT2D eigenvalue weighted by molar-refractivity contribution is 7.47. The Hall–Kier alpha value is -2.29. The van der Waals surface area contributed by atoms with E-state index < -0.39 is 26.5 Å². The van der Waals surface area contributed by atoms with Crippen LogP contribution in [0.15, 0.2) is 60.8 Å². The van der Waals surface area contributed by atoms with E-state index in [0.29, 0.717) is 6.42 Å². The fourth-order valence-corrected chi connectivity index (χ4v) is 5.57. The average molecular weight is 724 g/mol. The van der Waals surface area contributed by atoms with Crippen LogP contribution in [0.25, 0.3) is 0 Å². The van der Waals surface area contributed by atoms with Gasteiger partial charge < -0.3 is 20.1 Å². The van der Waals surface area contributed by atoms with Gasteiger partial charge in [0.1, 0.15) is 12.7 Å². The molecule has 50 heavy (non-hydrogen) atoms. The third-order valence-corrected chi connectivity index (χ3v) is 8.70. The zero-order chi connectivity index (χ0) is 36.8. The van der Waals surface area contributed by atoms with Gasteiger partial charge in [-0.3, -0.25) is 18.6 Å². The van der Waals surface area contributed by atoms with Crippen molar-refractivity contribution >= 4 is 19.7 Å². The van der Waals surface area contributed by atoms with Crippen LogP contribution < -0.4 is 5.32 Å². The first-order chi connectivity index (χ1) is 24.3. The number of phosphoric ester groups is 1. The van der Waals surface area contributed by atoms with E-state index in [1.807, 2.05) is 0 Å². The zero-order valence-corrected chi connectivity index (χ0v) is 32.2. The van der Waals surface area contributed by atoms with E-state index in [4.69, 9.17) is 13.8 Å². The summed E-state index contributed by atoms with van der Waals surface area (Å²) in [7, 11) is -4.42. The molecule has 10 heteroatoms. The second-order valence-electron chi connectivity index (χ2n) is 12.5. The molecule has 288 valence electrons. The van der Waals surface area contributed by atoms with Crippen molar-refractivity contribution < 1.29 is 37.9 Å². The summed E-state index contributed by atoms with van der Waals surface area (Å²) in [6.07, 6.45) is 41.5. The number of hydrogen-bond acceptors (Lipinski definition) is 7. The minimum Gasteiger partial charge on any atom is -0.463 e. The number of phosphoric acid groups is 1. The van der Waals surface area contributed by atoms with Crippen molar-refractivity contribution in [1.29, 1.82) is 0 Å². The summed E-state index contributed by atoms with van der Waals surface area (Å²) in [6.45, 7) is 3.36. The summed E-state index contributed by atoms with van der Waals surface area (Å²) in [5.41, 5.74) is 0. The summed E-state index contributed by atoms with van der Waals surface area (Å²) in [6, 6.07) is 0. The fraction of sp³-hybridized carbons (Fsp3) is 0.700. The van der Waals surface area contributed by atoms with Crippen LogP contribution in [0.2, 0.25) is 0 Å². The Balaban J connectivity index is 3.70. The van der Waals surface area contributed by atoms with Crippen LogP contribution in [-0.4, -0.2) is 54.3 Å². The van der Waals surface area contributed by atoms with Gasteiger partial charge in [0, 0.05) is 19.4 Å². The Kier molecular flexibility index (Phi) is 34.8. The highest BCUT2D eigenvalue weighted by Gasteiger charge is 2.23. The second kappa shape index (κ2) is 36.5. The molecule has 3 N–H and O–H groups in total. The molecule has 9 nitrogen and oxygen atoms in total. The third kappa shape index (κ3) is 37.0. The molecule has 0 aromatic heterocycles. The molecule has 0 radical (unpaired) electrons. The van der Waals surface area contributed by atoms with Gasteiger partial charge in [-0.15, -0.1) is 0 Å². The van der Waals surface area contributed by atoms with Gasteiger partial charge in [0.2, 0.25) is 5.91 Å². The summed E-state index contributed by atoms with van der Waals surface area (Å²) >= 11 is 0. The van der Waals surface area contributed by atoms with E-state index in [0.717, 1.165) is 77.0 Å². The predicted octanol–water partition coefficient (Wildman–Crippen LogP) is 10.2. The summed E-state index contributed by atoms with van der Waals surface area (Å²) in [4.78, 5) is 33.7. The lowest BCUT2D eigenvalue weighted by atomic mass is 10.1. The van der Waals surface area contributed by atoms with Crippen molar-refractivity contribution in [2.24, 2.45) is 0 Å². The number of ether oxygens (including phenoxy) is 1. The topological polar surface area (TPSA) is 131 Å². The molecule has 0 fully saturated rings. The summed E-state index contributed by atoms with van der Waals surface area (Å²) in [5, 5.41) is 12.6. The number of carbonyl (C=O) groups excluding carboxylic acids is 2. The van der Waals surface area contributed by atoms with E-state index in [1.165, 1.54) is 44.9 Å². The first-order valence-corrected chi connectivity index (χ1v) is 20.8. The number of rotatable bonds is 35. The molecule has 0 spiro atoms. The van der Waals surface area contributed by atoms with Crippen LogP contribution in [0.5, 0.6) is 0 Å². The van der Waals surface area contributed by atoms with Crippen LogP contribution >= 0.6 is 7.82 Å². The number of allylic oxidation sites excluding steroid dienone is 10. The molecule has 0 aliphatic rings. The number of aliphatic hydroxyl groups is 1. The summed E-state index contributed by atoms with van der Waals surface area (Å²) < 4.78 is 26.7. The van der Waals surface area contributed by atoms with E-state index in [1.54, 1.807) is 0 Å². The molecule has 2 atom stereocenters. The molecule has 0 aromatic rings. The highest BCUT2D eigenvalue weighted by atomic mass is 31.2. The highest BCUT2D eigenvalue weighted by Crippen LogP contribution is 2.42. The van der Waals surface area contributed by atoms with Gasteiger partial charge in [-0.1, -0.05) is 139 Å². The number of hydrogen-bond donors (Lipinski definition) is 3. The Labute approximate surface area is 304 Å². The lowest BCUT2D eigenvalue weighted by Gasteiger charge is -2.15. The van der Waals surface area contributed by atoms with Gasteiger partial charge in [-0.2, -0.15) is 0 Å². The van der Waals surface area contributed by atoms with Crippen LogP contribution in [0.4, 0.5) is 0 Å². The van der Waals surface area contributed by atoms with Crippen LogP contribution in [-0.2, 0) is 27.9 Å². The molecule has 0 saturated heterocycles. The lowest BCUT2D eigenvalue weighted by molar-refractivity contribution is -0.147. The van der Waals surface area contributed by atoms with Gasteiger partial charge in [0.15, 0.2) is 0 Å². The van der Waals surface area contributed by atoms with E-state index in [-0.39, 0.29) is 32.1 Å². The van der Waals surface area contributed by atoms with Crippen LogP contribution in [0.1, 0.15) is 149 Å². The Bertz CT molecular complexity index is 1010. The number of nitrogens with one attached hydrogen (secondary N) is 1. The van der Waals surface area contributed by atoms with Crippen LogP contribution in [0.3, 0.4) is 0 Å². The van der Waals surface area contributed by atoms with Gasteiger partial charge in [0.05, 0.1) is 13.2 Å². The molecule has 0 saturated carbocycles. The normalized spacial score (nSPS) is 14.1. The quantitative estimate of drug-likeness (QED) is 0.0255. The first kappa shape index (κ1) is 47.7. The number of aliphatic hydroxyl groups excluding tert-OH is 1. The van der Waals surface area contributed by atoms with Crippen molar-refractivity contribution in [1.82, 2.24) is 5.32 Å². The molecule has 0 aromatic carbocycles. The number of carbonyl (C=O) groups is 2. The number of unbranched alkanes of at least 4 members (excludes halogenated alkanes) is 12. The van der Waals surface area contributed by atoms with Crippen molar-refractivity contribution in [3.8, 4) is 0 Å². The first-order valence-electron chi connectivity index (χ1n) is 19.3. The molecular formula is C40H70NO8P. The Morgan fingerprint density at radius 3 is 1.72 bits per heavy atom. The molecule has 2 unspecified atom stereocenters. The number of esters is 1. The predicted molar refractivity (Wildman–Crippen MR) is 206 cm³/mol. The van der Waals surface area contributed by atoms with Crippen LogP contribution in [0, 0.1) is 0 Å². The van der Waals surface area contributed by atoms with Gasteiger partial charge in [-0.05, 0) is 57.8 Å². The minimum absolute atomic E-state index is 0.0614. The van der Waals surface area contributed by atoms with Gasteiger partial charge in [-0.25, -0.2) is 4.57 Å².